The lowest BCUT2D eigenvalue weighted by Gasteiger charge is -2.06. The van der Waals surface area contributed by atoms with Crippen LogP contribution in [-0.4, -0.2) is 5.78 Å². The summed E-state index contributed by atoms with van der Waals surface area (Å²) >= 11 is 1.81. The molecule has 16 heavy (non-hydrogen) atoms. The van der Waals surface area contributed by atoms with E-state index in [9.17, 15) is 4.79 Å². The number of hydrogen-bond donors (Lipinski definition) is 0. The van der Waals surface area contributed by atoms with Crippen LogP contribution in [0.25, 0.3) is 10.1 Å². The van der Waals surface area contributed by atoms with E-state index in [1.807, 2.05) is 11.3 Å². The van der Waals surface area contributed by atoms with E-state index >= 15 is 0 Å². The van der Waals surface area contributed by atoms with Crippen molar-refractivity contribution in [3.05, 3.63) is 35.2 Å². The van der Waals surface area contributed by atoms with Crippen molar-refractivity contribution in [2.24, 2.45) is 5.92 Å². The highest BCUT2D eigenvalue weighted by Gasteiger charge is 2.22. The fraction of sp³-hybridized carbons (Fsp3) is 0.357. The monoisotopic (exact) mass is 230 g/mol. The highest BCUT2D eigenvalue weighted by Crippen LogP contribution is 2.31. The average Bonchev–Trinajstić information content (AvgIpc) is 2.87. The fourth-order valence-corrected chi connectivity index (χ4v) is 3.54. The Kier molecular flexibility index (Phi) is 2.52. The number of hydrogen-bond acceptors (Lipinski definition) is 2. The molecule has 1 unspecified atom stereocenters. The predicted octanol–water partition coefficient (Wildman–Crippen LogP) is 3.81. The number of rotatable bonds is 2. The molecule has 0 spiro atoms. The third kappa shape index (κ3) is 1.78. The smallest absolute Gasteiger partial charge is 0.133 e. The maximum absolute atomic E-state index is 11.2. The lowest BCUT2D eigenvalue weighted by Crippen LogP contribution is -1.99. The van der Waals surface area contributed by atoms with Gasteiger partial charge in [0.2, 0.25) is 0 Å². The van der Waals surface area contributed by atoms with E-state index in [1.54, 1.807) is 0 Å². The van der Waals surface area contributed by atoms with Crippen LogP contribution in [0.3, 0.4) is 0 Å². The van der Waals surface area contributed by atoms with E-state index < -0.39 is 0 Å². The largest absolute Gasteiger partial charge is 0.300 e. The van der Waals surface area contributed by atoms with Crippen LogP contribution in [0.1, 0.15) is 24.8 Å². The van der Waals surface area contributed by atoms with Gasteiger partial charge in [-0.3, -0.25) is 4.79 Å². The molecule has 1 heterocycles. The van der Waals surface area contributed by atoms with Gasteiger partial charge in [0.05, 0.1) is 0 Å². The van der Waals surface area contributed by atoms with Crippen LogP contribution in [0.15, 0.2) is 29.6 Å². The molecule has 1 atom stereocenters. The summed E-state index contributed by atoms with van der Waals surface area (Å²) in [6.45, 7) is 0. The maximum atomic E-state index is 11.2. The first-order valence-corrected chi connectivity index (χ1v) is 6.68. The number of Topliss-reactive ketones (excluding diaryl/α,β-unsaturated/α-hetero) is 1. The van der Waals surface area contributed by atoms with E-state index in [2.05, 4.69) is 29.6 Å². The predicted molar refractivity (Wildman–Crippen MR) is 67.9 cm³/mol. The van der Waals surface area contributed by atoms with Gasteiger partial charge in [-0.2, -0.15) is 0 Å². The number of carbonyl (C=O) groups is 1. The van der Waals surface area contributed by atoms with Crippen LogP contribution >= 0.6 is 11.3 Å². The number of carbonyl (C=O) groups excluding carboxylic acids is 1. The van der Waals surface area contributed by atoms with Gasteiger partial charge in [0.1, 0.15) is 5.78 Å². The molecule has 1 fully saturated rings. The van der Waals surface area contributed by atoms with Gasteiger partial charge < -0.3 is 0 Å². The zero-order valence-electron chi connectivity index (χ0n) is 9.11. The highest BCUT2D eigenvalue weighted by atomic mass is 32.1. The maximum Gasteiger partial charge on any atom is 0.133 e. The Labute approximate surface area is 99.1 Å². The Morgan fingerprint density at radius 3 is 3.00 bits per heavy atom. The molecule has 1 aliphatic carbocycles. The van der Waals surface area contributed by atoms with E-state index in [1.165, 1.54) is 15.6 Å². The molecule has 2 heteroatoms. The Morgan fingerprint density at radius 2 is 2.19 bits per heavy atom. The van der Waals surface area contributed by atoms with Crippen LogP contribution < -0.4 is 0 Å². The summed E-state index contributed by atoms with van der Waals surface area (Å²) in [7, 11) is 0. The van der Waals surface area contributed by atoms with Gasteiger partial charge >= 0.3 is 0 Å². The van der Waals surface area contributed by atoms with Crippen LogP contribution in [0.5, 0.6) is 0 Å². The van der Waals surface area contributed by atoms with Gasteiger partial charge in [-0.05, 0) is 41.2 Å². The van der Waals surface area contributed by atoms with Crippen LogP contribution in [0.4, 0.5) is 0 Å². The first-order chi connectivity index (χ1) is 7.83. The summed E-state index contributed by atoms with van der Waals surface area (Å²) in [6.07, 6.45) is 3.76. The summed E-state index contributed by atoms with van der Waals surface area (Å²) in [5, 5.41) is 3.64. The van der Waals surface area contributed by atoms with Crippen molar-refractivity contribution in [2.75, 3.05) is 0 Å². The summed E-state index contributed by atoms with van der Waals surface area (Å²) < 4.78 is 1.36. The summed E-state index contributed by atoms with van der Waals surface area (Å²) in [6, 6.07) is 8.54. The minimum absolute atomic E-state index is 0.449. The van der Waals surface area contributed by atoms with Crippen molar-refractivity contribution in [1.82, 2.24) is 0 Å². The number of thiophene rings is 1. The molecule has 82 valence electrons. The normalized spacial score (nSPS) is 20.8. The SMILES string of the molecule is O=C1CCC(Cc2csc3ccccc23)C1. The lowest BCUT2D eigenvalue weighted by molar-refractivity contribution is -0.117. The molecule has 1 nitrogen and oxygen atoms in total. The van der Waals surface area contributed by atoms with E-state index in [0.29, 0.717) is 11.7 Å². The molecule has 0 saturated heterocycles. The van der Waals surface area contributed by atoms with Crippen LogP contribution in [0, 0.1) is 5.92 Å². The molecule has 0 radical (unpaired) electrons. The van der Waals surface area contributed by atoms with Crippen molar-refractivity contribution in [3.63, 3.8) is 0 Å². The van der Waals surface area contributed by atoms with Gasteiger partial charge in [0.15, 0.2) is 0 Å². The Balaban J connectivity index is 1.86. The molecular formula is C14H14OS. The van der Waals surface area contributed by atoms with Crippen molar-refractivity contribution in [3.8, 4) is 0 Å². The second-order valence-corrected chi connectivity index (χ2v) is 5.52. The van der Waals surface area contributed by atoms with Crippen molar-refractivity contribution in [2.45, 2.75) is 25.7 Å². The second kappa shape index (κ2) is 4.02. The molecule has 1 aliphatic rings. The minimum atomic E-state index is 0.449. The highest BCUT2D eigenvalue weighted by molar-refractivity contribution is 7.17. The van der Waals surface area contributed by atoms with Crippen molar-refractivity contribution in [1.29, 1.82) is 0 Å². The molecule has 1 aromatic carbocycles. The van der Waals surface area contributed by atoms with E-state index in [-0.39, 0.29) is 0 Å². The number of ketones is 1. The molecular weight excluding hydrogens is 216 g/mol. The quantitative estimate of drug-likeness (QED) is 0.766. The summed E-state index contributed by atoms with van der Waals surface area (Å²) in [4.78, 5) is 11.2. The molecule has 0 aliphatic heterocycles. The molecule has 3 rings (SSSR count). The van der Waals surface area contributed by atoms with E-state index in [0.717, 1.165) is 25.7 Å². The molecule has 0 N–H and O–H groups in total. The van der Waals surface area contributed by atoms with Crippen LogP contribution in [0.2, 0.25) is 0 Å². The molecule has 0 amide bonds. The summed E-state index contributed by atoms with van der Waals surface area (Å²) in [5.41, 5.74) is 1.43. The van der Waals surface area contributed by atoms with Gasteiger partial charge in [0.25, 0.3) is 0 Å². The lowest BCUT2D eigenvalue weighted by atomic mass is 9.98. The minimum Gasteiger partial charge on any atom is -0.300 e. The summed E-state index contributed by atoms with van der Waals surface area (Å²) in [5.74, 6) is 1.04. The second-order valence-electron chi connectivity index (χ2n) is 4.61. The topological polar surface area (TPSA) is 17.1 Å². The van der Waals surface area contributed by atoms with E-state index in [4.69, 9.17) is 0 Å². The molecule has 1 aromatic heterocycles. The first-order valence-electron chi connectivity index (χ1n) is 5.80. The standard InChI is InChI=1S/C14H14OS/c15-12-6-5-10(8-12)7-11-9-16-14-4-2-1-3-13(11)14/h1-4,9-10H,5-8H2. The van der Waals surface area contributed by atoms with Gasteiger partial charge in [-0.1, -0.05) is 18.2 Å². The zero-order valence-corrected chi connectivity index (χ0v) is 9.93. The van der Waals surface area contributed by atoms with Crippen molar-refractivity contribution < 1.29 is 4.79 Å². The Hall–Kier alpha value is -1.15. The fourth-order valence-electron chi connectivity index (χ4n) is 2.57. The molecule has 2 aromatic rings. The molecule has 1 saturated carbocycles. The zero-order chi connectivity index (χ0) is 11.0. The van der Waals surface area contributed by atoms with Crippen molar-refractivity contribution >= 4 is 27.2 Å². The van der Waals surface area contributed by atoms with Crippen LogP contribution in [-0.2, 0) is 11.2 Å². The van der Waals surface area contributed by atoms with Gasteiger partial charge in [0, 0.05) is 17.5 Å². The van der Waals surface area contributed by atoms with Gasteiger partial charge in [-0.15, -0.1) is 11.3 Å². The molecule has 0 bridgehead atoms. The third-order valence-electron chi connectivity index (χ3n) is 3.42. The Morgan fingerprint density at radius 1 is 1.31 bits per heavy atom. The Bertz CT molecular complexity index is 526. The third-order valence-corrected chi connectivity index (χ3v) is 4.43. The number of benzene rings is 1. The average molecular weight is 230 g/mol. The number of fused-ring (bicyclic) bond motifs is 1. The first kappa shape index (κ1) is 10.0. The van der Waals surface area contributed by atoms with Gasteiger partial charge in [-0.25, -0.2) is 0 Å².